The first-order valence-corrected chi connectivity index (χ1v) is 8.06. The van der Waals surface area contributed by atoms with Crippen LogP contribution in [-0.2, 0) is 17.8 Å². The van der Waals surface area contributed by atoms with E-state index in [0.29, 0.717) is 11.7 Å². The van der Waals surface area contributed by atoms with Crippen LogP contribution in [0.15, 0.2) is 24.3 Å². The van der Waals surface area contributed by atoms with Crippen LogP contribution in [0, 0.1) is 6.92 Å². The number of nitrogens with one attached hydrogen (secondary N) is 2. The number of fused-ring (bicyclic) bond motifs is 1. The van der Waals surface area contributed by atoms with Crippen LogP contribution in [-0.4, -0.2) is 17.4 Å². The summed E-state index contributed by atoms with van der Waals surface area (Å²) in [5.74, 6) is -0.129. The molecular weight excluding hydrogens is 282 g/mol. The van der Waals surface area contributed by atoms with Crippen LogP contribution in [0.4, 0.5) is 5.13 Å². The Hall–Kier alpha value is -1.72. The number of carbonyl (C=O) groups excluding carboxylic acids is 1. The Kier molecular flexibility index (Phi) is 4.03. The topological polar surface area (TPSA) is 54.0 Å². The number of amides is 1. The van der Waals surface area contributed by atoms with Gasteiger partial charge in [0.2, 0.25) is 5.91 Å². The van der Waals surface area contributed by atoms with Gasteiger partial charge in [0.15, 0.2) is 5.13 Å². The smallest absolute Gasteiger partial charge is 0.235 e. The Morgan fingerprint density at radius 3 is 3.05 bits per heavy atom. The minimum Gasteiger partial charge on any atom is -0.312 e. The average molecular weight is 301 g/mol. The van der Waals surface area contributed by atoms with Gasteiger partial charge < -0.3 is 10.6 Å². The summed E-state index contributed by atoms with van der Waals surface area (Å²) >= 11 is 1.55. The van der Waals surface area contributed by atoms with Crippen molar-refractivity contribution in [3.05, 3.63) is 46.0 Å². The second-order valence-electron chi connectivity index (χ2n) is 5.25. The van der Waals surface area contributed by atoms with E-state index >= 15 is 0 Å². The summed E-state index contributed by atoms with van der Waals surface area (Å²) in [6.45, 7) is 5.63. The lowest BCUT2D eigenvalue weighted by molar-refractivity contribution is -0.117. The van der Waals surface area contributed by atoms with E-state index in [2.05, 4.69) is 28.6 Å². The average Bonchev–Trinajstić information content (AvgIpc) is 2.86. The molecule has 0 spiro atoms. The molecule has 1 aromatic heterocycles. The van der Waals surface area contributed by atoms with Gasteiger partial charge in [-0.05, 0) is 24.5 Å². The number of hydrogen-bond acceptors (Lipinski definition) is 4. The van der Waals surface area contributed by atoms with E-state index in [0.717, 1.165) is 24.2 Å². The number of aryl methyl sites for hydroxylation is 2. The van der Waals surface area contributed by atoms with E-state index in [1.165, 1.54) is 10.4 Å². The lowest BCUT2D eigenvalue weighted by Crippen LogP contribution is -2.35. The van der Waals surface area contributed by atoms with Crippen LogP contribution in [0.25, 0.3) is 0 Å². The monoisotopic (exact) mass is 301 g/mol. The van der Waals surface area contributed by atoms with Crippen molar-refractivity contribution in [1.29, 1.82) is 0 Å². The second kappa shape index (κ2) is 5.95. The molecule has 0 aliphatic carbocycles. The van der Waals surface area contributed by atoms with Gasteiger partial charge in [-0.2, -0.15) is 0 Å². The van der Waals surface area contributed by atoms with Crippen LogP contribution >= 0.6 is 11.3 Å². The molecule has 3 rings (SSSR count). The largest absolute Gasteiger partial charge is 0.312 e. The molecule has 2 N–H and O–H groups in total. The lowest BCUT2D eigenvalue weighted by Gasteiger charge is -2.25. The van der Waals surface area contributed by atoms with Crippen LogP contribution in [0.1, 0.15) is 34.5 Å². The fourth-order valence-corrected chi connectivity index (χ4v) is 3.64. The lowest BCUT2D eigenvalue weighted by atomic mass is 9.90. The zero-order chi connectivity index (χ0) is 14.8. The SMILES string of the molecule is CCc1nc(NC(=O)C2CNCc3ccccc32)sc1C. The van der Waals surface area contributed by atoms with Crippen molar-refractivity contribution in [3.63, 3.8) is 0 Å². The van der Waals surface area contributed by atoms with Crippen molar-refractivity contribution in [3.8, 4) is 0 Å². The van der Waals surface area contributed by atoms with Gasteiger partial charge >= 0.3 is 0 Å². The third-order valence-electron chi connectivity index (χ3n) is 3.87. The number of anilines is 1. The number of aromatic nitrogens is 1. The maximum atomic E-state index is 12.6. The molecule has 5 heteroatoms. The Morgan fingerprint density at radius 1 is 1.48 bits per heavy atom. The molecule has 1 atom stereocenters. The fourth-order valence-electron chi connectivity index (χ4n) is 2.73. The van der Waals surface area contributed by atoms with Gasteiger partial charge in [-0.15, -0.1) is 11.3 Å². The highest BCUT2D eigenvalue weighted by Crippen LogP contribution is 2.27. The van der Waals surface area contributed by atoms with Gasteiger partial charge in [-0.3, -0.25) is 4.79 Å². The number of thiazole rings is 1. The van der Waals surface area contributed by atoms with E-state index in [1.807, 2.05) is 25.1 Å². The van der Waals surface area contributed by atoms with Gasteiger partial charge in [0, 0.05) is 18.0 Å². The maximum absolute atomic E-state index is 12.6. The highest BCUT2D eigenvalue weighted by atomic mass is 32.1. The van der Waals surface area contributed by atoms with Gasteiger partial charge in [0.25, 0.3) is 0 Å². The molecule has 21 heavy (non-hydrogen) atoms. The minimum atomic E-state index is -0.149. The summed E-state index contributed by atoms with van der Waals surface area (Å²) in [5, 5.41) is 6.99. The predicted molar refractivity (Wildman–Crippen MR) is 85.7 cm³/mol. The zero-order valence-corrected chi connectivity index (χ0v) is 13.1. The minimum absolute atomic E-state index is 0.0195. The summed E-state index contributed by atoms with van der Waals surface area (Å²) in [5.41, 5.74) is 3.39. The van der Waals surface area contributed by atoms with E-state index in [9.17, 15) is 4.79 Å². The second-order valence-corrected chi connectivity index (χ2v) is 6.45. The molecule has 1 aliphatic rings. The number of nitrogens with zero attached hydrogens (tertiary/aromatic N) is 1. The zero-order valence-electron chi connectivity index (χ0n) is 12.3. The quantitative estimate of drug-likeness (QED) is 0.916. The first-order chi connectivity index (χ1) is 10.2. The first kappa shape index (κ1) is 14.2. The first-order valence-electron chi connectivity index (χ1n) is 7.24. The maximum Gasteiger partial charge on any atom is 0.235 e. The Labute approximate surface area is 128 Å². The number of rotatable bonds is 3. The van der Waals surface area contributed by atoms with E-state index in [1.54, 1.807) is 11.3 Å². The van der Waals surface area contributed by atoms with Crippen molar-refractivity contribution in [1.82, 2.24) is 10.3 Å². The van der Waals surface area contributed by atoms with Crippen LogP contribution in [0.5, 0.6) is 0 Å². The Morgan fingerprint density at radius 2 is 2.29 bits per heavy atom. The molecule has 2 aromatic rings. The number of carbonyl (C=O) groups is 1. The van der Waals surface area contributed by atoms with Crippen molar-refractivity contribution < 1.29 is 4.79 Å². The Balaban J connectivity index is 1.80. The predicted octanol–water partition coefficient (Wildman–Crippen LogP) is 2.84. The molecule has 1 amide bonds. The van der Waals surface area contributed by atoms with Gasteiger partial charge in [-0.25, -0.2) is 4.98 Å². The van der Waals surface area contributed by atoms with Gasteiger partial charge in [0.05, 0.1) is 11.6 Å². The molecule has 4 nitrogen and oxygen atoms in total. The van der Waals surface area contributed by atoms with Crippen molar-refractivity contribution in [2.24, 2.45) is 0 Å². The third kappa shape index (κ3) is 2.84. The Bertz CT molecular complexity index is 665. The summed E-state index contributed by atoms with van der Waals surface area (Å²) in [6.07, 6.45) is 0.895. The molecule has 110 valence electrons. The number of hydrogen-bond donors (Lipinski definition) is 2. The van der Waals surface area contributed by atoms with Crippen LogP contribution < -0.4 is 10.6 Å². The summed E-state index contributed by atoms with van der Waals surface area (Å²) in [7, 11) is 0. The van der Waals surface area contributed by atoms with E-state index in [4.69, 9.17) is 0 Å². The van der Waals surface area contributed by atoms with Gasteiger partial charge in [-0.1, -0.05) is 31.2 Å². The van der Waals surface area contributed by atoms with E-state index in [-0.39, 0.29) is 11.8 Å². The van der Waals surface area contributed by atoms with E-state index < -0.39 is 0 Å². The molecule has 2 heterocycles. The van der Waals surface area contributed by atoms with Crippen molar-refractivity contribution in [2.75, 3.05) is 11.9 Å². The molecule has 0 radical (unpaired) electrons. The standard InChI is InChI=1S/C16H19N3OS/c1-3-14-10(2)21-16(18-14)19-15(20)13-9-17-8-11-6-4-5-7-12(11)13/h4-7,13,17H,3,8-9H2,1-2H3,(H,18,19,20). The summed E-state index contributed by atoms with van der Waals surface area (Å²) < 4.78 is 0. The van der Waals surface area contributed by atoms with Crippen LogP contribution in [0.2, 0.25) is 0 Å². The number of benzene rings is 1. The highest BCUT2D eigenvalue weighted by Gasteiger charge is 2.26. The summed E-state index contributed by atoms with van der Waals surface area (Å²) in [6, 6.07) is 8.13. The molecule has 0 fully saturated rings. The molecule has 1 unspecified atom stereocenters. The van der Waals surface area contributed by atoms with Crippen molar-refractivity contribution in [2.45, 2.75) is 32.7 Å². The normalized spacial score (nSPS) is 17.3. The van der Waals surface area contributed by atoms with Crippen molar-refractivity contribution >= 4 is 22.4 Å². The molecule has 0 bridgehead atoms. The fraction of sp³-hybridized carbons (Fsp3) is 0.375. The summed E-state index contributed by atoms with van der Waals surface area (Å²) in [4.78, 5) is 18.2. The molecule has 1 aromatic carbocycles. The molecule has 0 saturated carbocycles. The third-order valence-corrected chi connectivity index (χ3v) is 4.80. The molecular formula is C16H19N3OS. The van der Waals surface area contributed by atoms with Gasteiger partial charge in [0.1, 0.15) is 0 Å². The molecule has 1 aliphatic heterocycles. The van der Waals surface area contributed by atoms with Crippen LogP contribution in [0.3, 0.4) is 0 Å². The molecule has 0 saturated heterocycles. The highest BCUT2D eigenvalue weighted by molar-refractivity contribution is 7.15.